The number of nitrogens with zero attached hydrogens (tertiary/aromatic N) is 1. The SMILES string of the molecule is O=C(O)[C@H]1COCCN1C(=O)c1cc(Cl)c[nH]1. The van der Waals surface area contributed by atoms with Gasteiger partial charge in [0.15, 0.2) is 6.04 Å². The number of morpholine rings is 1. The van der Waals surface area contributed by atoms with Gasteiger partial charge in [0.25, 0.3) is 5.91 Å². The molecule has 2 rings (SSSR count). The average Bonchev–Trinajstić information content (AvgIpc) is 2.75. The number of aromatic nitrogens is 1. The van der Waals surface area contributed by atoms with Gasteiger partial charge in [-0.05, 0) is 6.07 Å². The summed E-state index contributed by atoms with van der Waals surface area (Å²) in [6.07, 6.45) is 1.48. The van der Waals surface area contributed by atoms with Crippen LogP contribution in [0.1, 0.15) is 10.5 Å². The van der Waals surface area contributed by atoms with Gasteiger partial charge >= 0.3 is 5.97 Å². The van der Waals surface area contributed by atoms with Crippen molar-refractivity contribution in [2.24, 2.45) is 0 Å². The summed E-state index contributed by atoms with van der Waals surface area (Å²) in [5.41, 5.74) is 0.281. The van der Waals surface area contributed by atoms with E-state index in [-0.39, 0.29) is 24.8 Å². The van der Waals surface area contributed by atoms with Gasteiger partial charge in [-0.2, -0.15) is 0 Å². The van der Waals surface area contributed by atoms with Crippen molar-refractivity contribution in [2.45, 2.75) is 6.04 Å². The van der Waals surface area contributed by atoms with Crippen molar-refractivity contribution in [3.63, 3.8) is 0 Å². The van der Waals surface area contributed by atoms with Crippen molar-refractivity contribution in [1.82, 2.24) is 9.88 Å². The minimum atomic E-state index is -1.07. The van der Waals surface area contributed by atoms with Crippen molar-refractivity contribution >= 4 is 23.5 Å². The molecule has 1 aliphatic heterocycles. The summed E-state index contributed by atoms with van der Waals surface area (Å²) in [4.78, 5) is 27.0. The highest BCUT2D eigenvalue weighted by atomic mass is 35.5. The van der Waals surface area contributed by atoms with Crippen LogP contribution in [-0.2, 0) is 9.53 Å². The average molecular weight is 259 g/mol. The summed E-state index contributed by atoms with van der Waals surface area (Å²) < 4.78 is 5.05. The molecule has 0 bridgehead atoms. The van der Waals surface area contributed by atoms with Crippen molar-refractivity contribution in [2.75, 3.05) is 19.8 Å². The summed E-state index contributed by atoms with van der Waals surface area (Å²) in [5, 5.41) is 9.41. The number of carbonyl (C=O) groups is 2. The van der Waals surface area contributed by atoms with E-state index in [0.29, 0.717) is 11.6 Å². The van der Waals surface area contributed by atoms with E-state index in [2.05, 4.69) is 4.98 Å². The zero-order valence-electron chi connectivity index (χ0n) is 8.85. The summed E-state index contributed by atoms with van der Waals surface area (Å²) in [5.74, 6) is -1.46. The first-order valence-electron chi connectivity index (χ1n) is 5.05. The van der Waals surface area contributed by atoms with E-state index in [9.17, 15) is 9.59 Å². The Bertz CT molecular complexity index is 445. The van der Waals surface area contributed by atoms with Gasteiger partial charge in [-0.3, -0.25) is 4.79 Å². The number of ether oxygens (including phenoxy) is 1. The van der Waals surface area contributed by atoms with Crippen LogP contribution >= 0.6 is 11.6 Å². The number of hydrogen-bond donors (Lipinski definition) is 2. The van der Waals surface area contributed by atoms with Crippen LogP contribution in [-0.4, -0.2) is 52.7 Å². The number of amides is 1. The molecule has 6 nitrogen and oxygen atoms in total. The smallest absolute Gasteiger partial charge is 0.328 e. The summed E-state index contributed by atoms with van der Waals surface area (Å²) >= 11 is 5.70. The van der Waals surface area contributed by atoms with Crippen molar-refractivity contribution < 1.29 is 19.4 Å². The zero-order chi connectivity index (χ0) is 12.4. The molecule has 0 unspecified atom stereocenters. The molecule has 0 aromatic carbocycles. The van der Waals surface area contributed by atoms with Crippen molar-refractivity contribution in [3.8, 4) is 0 Å². The first-order valence-corrected chi connectivity index (χ1v) is 5.43. The molecule has 0 aliphatic carbocycles. The fourth-order valence-electron chi connectivity index (χ4n) is 1.70. The Morgan fingerprint density at radius 1 is 1.59 bits per heavy atom. The molecule has 1 aromatic heterocycles. The molecule has 1 fully saturated rings. The van der Waals surface area contributed by atoms with Crippen LogP contribution in [0.3, 0.4) is 0 Å². The van der Waals surface area contributed by atoms with E-state index in [1.807, 2.05) is 0 Å². The molecule has 2 N–H and O–H groups in total. The topological polar surface area (TPSA) is 82.6 Å². The molecule has 1 aliphatic rings. The van der Waals surface area contributed by atoms with E-state index in [4.69, 9.17) is 21.4 Å². The highest BCUT2D eigenvalue weighted by molar-refractivity contribution is 6.31. The van der Waals surface area contributed by atoms with Crippen LogP contribution in [0, 0.1) is 0 Å². The second kappa shape index (κ2) is 4.77. The van der Waals surface area contributed by atoms with Gasteiger partial charge < -0.3 is 19.7 Å². The van der Waals surface area contributed by atoms with Gasteiger partial charge in [-0.1, -0.05) is 11.6 Å². The number of nitrogens with one attached hydrogen (secondary N) is 1. The fraction of sp³-hybridized carbons (Fsp3) is 0.400. The van der Waals surface area contributed by atoms with Gasteiger partial charge in [-0.25, -0.2) is 4.79 Å². The van der Waals surface area contributed by atoms with E-state index in [1.165, 1.54) is 17.2 Å². The molecule has 7 heteroatoms. The highest BCUT2D eigenvalue weighted by Gasteiger charge is 2.33. The Labute approximate surface area is 102 Å². The number of halogens is 1. The molecule has 2 heterocycles. The Balaban J connectivity index is 2.19. The Morgan fingerprint density at radius 3 is 2.94 bits per heavy atom. The number of hydrogen-bond acceptors (Lipinski definition) is 3. The third-order valence-corrected chi connectivity index (χ3v) is 2.77. The minimum Gasteiger partial charge on any atom is -0.480 e. The van der Waals surface area contributed by atoms with Gasteiger partial charge in [0.1, 0.15) is 5.69 Å². The molecule has 1 amide bonds. The van der Waals surface area contributed by atoms with Crippen LogP contribution in [0.2, 0.25) is 5.02 Å². The van der Waals surface area contributed by atoms with E-state index in [0.717, 1.165) is 0 Å². The Kier molecular flexibility index (Phi) is 3.35. The first-order chi connectivity index (χ1) is 8.09. The number of aromatic amines is 1. The zero-order valence-corrected chi connectivity index (χ0v) is 9.61. The summed E-state index contributed by atoms with van der Waals surface area (Å²) in [6, 6.07) is 0.525. The van der Waals surface area contributed by atoms with Gasteiger partial charge in [0, 0.05) is 12.7 Å². The number of H-pyrrole nitrogens is 1. The number of rotatable bonds is 2. The third-order valence-electron chi connectivity index (χ3n) is 2.55. The number of aliphatic carboxylic acids is 1. The highest BCUT2D eigenvalue weighted by Crippen LogP contribution is 2.15. The minimum absolute atomic E-state index is 0.00944. The molecule has 0 spiro atoms. The molecular formula is C10H11ClN2O4. The lowest BCUT2D eigenvalue weighted by Gasteiger charge is -2.32. The number of carboxylic acids is 1. The largest absolute Gasteiger partial charge is 0.480 e. The van der Waals surface area contributed by atoms with Crippen LogP contribution < -0.4 is 0 Å². The van der Waals surface area contributed by atoms with E-state index in [1.54, 1.807) is 0 Å². The maximum atomic E-state index is 12.0. The van der Waals surface area contributed by atoms with E-state index < -0.39 is 12.0 Å². The molecule has 0 radical (unpaired) electrons. The third kappa shape index (κ3) is 2.42. The predicted octanol–water partition coefficient (Wildman–Crippen LogP) is 0.594. The van der Waals surface area contributed by atoms with Crippen molar-refractivity contribution in [3.05, 3.63) is 23.0 Å². The Morgan fingerprint density at radius 2 is 2.35 bits per heavy atom. The maximum Gasteiger partial charge on any atom is 0.328 e. The molecule has 17 heavy (non-hydrogen) atoms. The normalized spacial score (nSPS) is 20.3. The predicted molar refractivity (Wildman–Crippen MR) is 59.1 cm³/mol. The molecular weight excluding hydrogens is 248 g/mol. The second-order valence-corrected chi connectivity index (χ2v) is 4.10. The lowest BCUT2D eigenvalue weighted by Crippen LogP contribution is -2.52. The van der Waals surface area contributed by atoms with E-state index >= 15 is 0 Å². The van der Waals surface area contributed by atoms with Gasteiger partial charge in [-0.15, -0.1) is 0 Å². The monoisotopic (exact) mass is 258 g/mol. The molecule has 0 saturated carbocycles. The summed E-state index contributed by atoms with van der Waals surface area (Å²) in [6.45, 7) is 0.603. The fourth-order valence-corrected chi connectivity index (χ4v) is 1.86. The molecule has 92 valence electrons. The van der Waals surface area contributed by atoms with Gasteiger partial charge in [0.2, 0.25) is 0 Å². The second-order valence-electron chi connectivity index (χ2n) is 3.66. The van der Waals surface area contributed by atoms with Crippen LogP contribution in [0.5, 0.6) is 0 Å². The first kappa shape index (κ1) is 11.9. The van der Waals surface area contributed by atoms with Gasteiger partial charge in [0.05, 0.1) is 18.2 Å². The standard InChI is InChI=1S/C10H11ClN2O4/c11-6-3-7(12-4-6)9(14)13-1-2-17-5-8(13)10(15)16/h3-4,8,12H,1-2,5H2,(H,15,16)/t8-/m1/s1. The Hall–Kier alpha value is -1.53. The molecule has 1 saturated heterocycles. The molecule has 1 atom stereocenters. The van der Waals surface area contributed by atoms with Crippen LogP contribution in [0.15, 0.2) is 12.3 Å². The maximum absolute atomic E-state index is 12.0. The lowest BCUT2D eigenvalue weighted by atomic mass is 10.2. The summed E-state index contributed by atoms with van der Waals surface area (Å²) in [7, 11) is 0. The number of carboxylic acid groups (broad SMARTS) is 1. The number of carbonyl (C=O) groups excluding carboxylic acids is 1. The lowest BCUT2D eigenvalue weighted by molar-refractivity contribution is -0.147. The molecule has 1 aromatic rings. The van der Waals surface area contributed by atoms with Crippen LogP contribution in [0.25, 0.3) is 0 Å². The quantitative estimate of drug-likeness (QED) is 0.814. The van der Waals surface area contributed by atoms with Crippen molar-refractivity contribution in [1.29, 1.82) is 0 Å². The van der Waals surface area contributed by atoms with Crippen LogP contribution in [0.4, 0.5) is 0 Å².